The van der Waals surface area contributed by atoms with Gasteiger partial charge in [0, 0.05) is 12.4 Å². The third-order valence-electron chi connectivity index (χ3n) is 4.90. The minimum absolute atomic E-state index is 0.289. The van der Waals surface area contributed by atoms with Crippen molar-refractivity contribution in [3.63, 3.8) is 0 Å². The van der Waals surface area contributed by atoms with Crippen LogP contribution in [0, 0.1) is 5.92 Å². The van der Waals surface area contributed by atoms with Gasteiger partial charge in [0.15, 0.2) is 0 Å². The Balaban J connectivity index is 1.75. The molecule has 1 amide bonds. The molecule has 2 atom stereocenters. The molecule has 3 aromatic heterocycles. The molecule has 1 N–H and O–H groups in total. The van der Waals surface area contributed by atoms with E-state index in [2.05, 4.69) is 20.3 Å². The van der Waals surface area contributed by atoms with Crippen LogP contribution in [-0.2, 0) is 18.3 Å². The first-order valence-corrected chi connectivity index (χ1v) is 8.82. The number of hydrogen-bond acceptors (Lipinski definition) is 5. The van der Waals surface area contributed by atoms with Crippen molar-refractivity contribution in [3.05, 3.63) is 30.4 Å². The number of halogens is 1. The predicted molar refractivity (Wildman–Crippen MR) is 99.3 cm³/mol. The lowest BCUT2D eigenvalue weighted by atomic mass is 10.1. The number of hydrogen-bond donors (Lipinski definition) is 1. The van der Waals surface area contributed by atoms with Crippen LogP contribution in [0.3, 0.4) is 0 Å². The van der Waals surface area contributed by atoms with Gasteiger partial charge in [-0.25, -0.2) is 19.3 Å². The molecule has 0 bridgehead atoms. The Morgan fingerprint density at radius 1 is 1.37 bits per heavy atom. The Kier molecular flexibility index (Phi) is 4.25. The van der Waals surface area contributed by atoms with E-state index in [1.807, 2.05) is 24.6 Å². The second kappa shape index (κ2) is 6.61. The van der Waals surface area contributed by atoms with Crippen molar-refractivity contribution in [3.8, 4) is 17.1 Å². The number of amides is 1. The normalized spacial score (nSPS) is 18.5. The number of fused-ring (bicyclic) bond motifs is 1. The first kappa shape index (κ1) is 17.4. The van der Waals surface area contributed by atoms with Gasteiger partial charge in [0.25, 0.3) is 0 Å². The molecule has 0 aromatic carbocycles. The van der Waals surface area contributed by atoms with Crippen LogP contribution < -0.4 is 10.1 Å². The molecule has 27 heavy (non-hydrogen) atoms. The summed E-state index contributed by atoms with van der Waals surface area (Å²) in [6.45, 7) is 2.03. The molecular weight excluding hydrogens is 349 g/mol. The molecule has 0 aliphatic heterocycles. The number of pyridine rings is 1. The van der Waals surface area contributed by atoms with Gasteiger partial charge in [0.1, 0.15) is 18.3 Å². The third kappa shape index (κ3) is 3.01. The fraction of sp³-hybridized carbons (Fsp3) is 0.368. The van der Waals surface area contributed by atoms with Gasteiger partial charge in [0.05, 0.1) is 41.7 Å². The maximum absolute atomic E-state index is 13.1. The Labute approximate surface area is 155 Å². The number of anilines is 1. The second-order valence-corrected chi connectivity index (χ2v) is 6.62. The van der Waals surface area contributed by atoms with Crippen LogP contribution in [0.1, 0.15) is 19.0 Å². The minimum Gasteiger partial charge on any atom is -0.480 e. The van der Waals surface area contributed by atoms with Crippen molar-refractivity contribution in [2.45, 2.75) is 25.9 Å². The standard InChI is InChI=1S/C19H20FN5O2/c1-4-13-17(19(27-3)23-9-22-13)14-5-10-6-16(21-8-15(10)25(14)2)24-18(26)11-7-12(11)20/h5-6,8-9,11-12H,4,7H2,1-3H3,(H,21,24,26). The van der Waals surface area contributed by atoms with E-state index in [1.54, 1.807) is 19.4 Å². The van der Waals surface area contributed by atoms with Crippen LogP contribution in [0.25, 0.3) is 22.2 Å². The summed E-state index contributed by atoms with van der Waals surface area (Å²) in [6, 6.07) is 3.77. The van der Waals surface area contributed by atoms with E-state index in [1.165, 1.54) is 6.33 Å². The maximum Gasteiger partial charge on any atom is 0.231 e. The van der Waals surface area contributed by atoms with Gasteiger partial charge in [-0.1, -0.05) is 6.92 Å². The van der Waals surface area contributed by atoms with E-state index < -0.39 is 12.1 Å². The summed E-state index contributed by atoms with van der Waals surface area (Å²) in [5.41, 5.74) is 3.52. The summed E-state index contributed by atoms with van der Waals surface area (Å²) in [4.78, 5) is 24.9. The van der Waals surface area contributed by atoms with Crippen molar-refractivity contribution < 1.29 is 13.9 Å². The Morgan fingerprint density at radius 3 is 2.81 bits per heavy atom. The van der Waals surface area contributed by atoms with Crippen molar-refractivity contribution >= 4 is 22.6 Å². The minimum atomic E-state index is -1.03. The number of aromatic nitrogens is 4. The SMILES string of the molecule is CCc1ncnc(OC)c1-c1cc2cc(NC(=O)C3CC3F)ncc2n1C. The Bertz CT molecular complexity index is 1010. The average molecular weight is 369 g/mol. The number of methoxy groups -OCH3 is 1. The molecule has 0 radical (unpaired) electrons. The van der Waals surface area contributed by atoms with Gasteiger partial charge in [0.2, 0.25) is 11.8 Å². The molecule has 0 spiro atoms. The molecule has 1 saturated carbocycles. The van der Waals surface area contributed by atoms with Crippen LogP contribution >= 0.6 is 0 Å². The molecule has 3 heterocycles. The van der Waals surface area contributed by atoms with Gasteiger partial charge in [-0.15, -0.1) is 0 Å². The van der Waals surface area contributed by atoms with Crippen molar-refractivity contribution in [1.82, 2.24) is 19.5 Å². The molecule has 0 saturated heterocycles. The Morgan fingerprint density at radius 2 is 2.15 bits per heavy atom. The predicted octanol–water partition coefficient (Wildman–Crippen LogP) is 2.90. The lowest BCUT2D eigenvalue weighted by Crippen LogP contribution is -2.15. The van der Waals surface area contributed by atoms with E-state index in [0.717, 1.165) is 34.3 Å². The van der Waals surface area contributed by atoms with Crippen LogP contribution in [0.15, 0.2) is 24.7 Å². The number of aryl methyl sites for hydroxylation is 2. The molecule has 1 aliphatic rings. The van der Waals surface area contributed by atoms with Gasteiger partial charge < -0.3 is 14.6 Å². The largest absolute Gasteiger partial charge is 0.480 e. The zero-order valence-electron chi connectivity index (χ0n) is 15.4. The molecule has 140 valence electrons. The van der Waals surface area contributed by atoms with Gasteiger partial charge in [-0.05, 0) is 25.0 Å². The smallest absolute Gasteiger partial charge is 0.231 e. The molecular formula is C19H20FN5O2. The quantitative estimate of drug-likeness (QED) is 0.748. The van der Waals surface area contributed by atoms with Crippen LogP contribution in [0.4, 0.5) is 10.2 Å². The Hall–Kier alpha value is -3.03. The molecule has 4 rings (SSSR count). The van der Waals surface area contributed by atoms with Crippen LogP contribution in [0.2, 0.25) is 0 Å². The number of alkyl halides is 1. The van der Waals surface area contributed by atoms with Gasteiger partial charge >= 0.3 is 0 Å². The maximum atomic E-state index is 13.1. The molecule has 3 aromatic rings. The molecule has 1 fully saturated rings. The topological polar surface area (TPSA) is 81.9 Å². The highest BCUT2D eigenvalue weighted by Gasteiger charge is 2.43. The van der Waals surface area contributed by atoms with E-state index in [0.29, 0.717) is 11.7 Å². The number of carbonyl (C=O) groups excluding carboxylic acids is 1. The van der Waals surface area contributed by atoms with E-state index in [9.17, 15) is 9.18 Å². The first-order chi connectivity index (χ1) is 13.0. The molecule has 8 heteroatoms. The highest BCUT2D eigenvalue weighted by molar-refractivity contribution is 5.96. The van der Waals surface area contributed by atoms with E-state index in [4.69, 9.17) is 4.74 Å². The number of ether oxygens (including phenoxy) is 1. The van der Waals surface area contributed by atoms with Crippen LogP contribution in [0.5, 0.6) is 5.88 Å². The number of nitrogens with zero attached hydrogens (tertiary/aromatic N) is 4. The van der Waals surface area contributed by atoms with Crippen molar-refractivity contribution in [2.75, 3.05) is 12.4 Å². The highest BCUT2D eigenvalue weighted by atomic mass is 19.1. The summed E-state index contributed by atoms with van der Waals surface area (Å²) in [7, 11) is 3.51. The second-order valence-electron chi connectivity index (χ2n) is 6.62. The number of carbonyl (C=O) groups is 1. The summed E-state index contributed by atoms with van der Waals surface area (Å²) in [5.74, 6) is 0.0521. The van der Waals surface area contributed by atoms with Crippen molar-refractivity contribution in [2.24, 2.45) is 13.0 Å². The summed E-state index contributed by atoms with van der Waals surface area (Å²) < 4.78 is 20.5. The monoisotopic (exact) mass is 369 g/mol. The number of rotatable bonds is 5. The summed E-state index contributed by atoms with van der Waals surface area (Å²) >= 11 is 0. The van der Waals surface area contributed by atoms with E-state index in [-0.39, 0.29) is 12.3 Å². The molecule has 2 unspecified atom stereocenters. The fourth-order valence-electron chi connectivity index (χ4n) is 3.28. The van der Waals surface area contributed by atoms with Gasteiger partial charge in [-0.2, -0.15) is 0 Å². The summed E-state index contributed by atoms with van der Waals surface area (Å²) in [6.07, 6.45) is 3.18. The first-order valence-electron chi connectivity index (χ1n) is 8.82. The average Bonchev–Trinajstić information content (AvgIpc) is 3.33. The molecule has 7 nitrogen and oxygen atoms in total. The lowest BCUT2D eigenvalue weighted by Gasteiger charge is -2.12. The number of nitrogens with one attached hydrogen (secondary N) is 1. The van der Waals surface area contributed by atoms with Crippen molar-refractivity contribution in [1.29, 1.82) is 0 Å². The highest BCUT2D eigenvalue weighted by Crippen LogP contribution is 2.36. The van der Waals surface area contributed by atoms with Crippen LogP contribution in [-0.4, -0.2) is 38.7 Å². The zero-order chi connectivity index (χ0) is 19.1. The third-order valence-corrected chi connectivity index (χ3v) is 4.90. The van der Waals surface area contributed by atoms with Gasteiger partial charge in [-0.3, -0.25) is 4.79 Å². The zero-order valence-corrected chi connectivity index (χ0v) is 15.4. The fourth-order valence-corrected chi connectivity index (χ4v) is 3.28. The summed E-state index contributed by atoms with van der Waals surface area (Å²) in [5, 5.41) is 3.59. The molecule has 1 aliphatic carbocycles. The van der Waals surface area contributed by atoms with E-state index >= 15 is 0 Å². The lowest BCUT2D eigenvalue weighted by molar-refractivity contribution is -0.117.